The lowest BCUT2D eigenvalue weighted by Crippen LogP contribution is -2.33. The molecule has 1 aliphatic heterocycles. The summed E-state index contributed by atoms with van der Waals surface area (Å²) >= 11 is 0. The smallest absolute Gasteiger partial charge is 0.339 e. The first kappa shape index (κ1) is 22.1. The number of carbonyl (C=O) groups excluding carboxylic acids is 3. The van der Waals surface area contributed by atoms with Crippen molar-refractivity contribution >= 4 is 23.5 Å². The minimum absolute atomic E-state index is 0.210. The number of amides is 2. The fraction of sp³-hybridized carbons (Fsp3) is 0.125. The largest absolute Gasteiger partial charge is 0.454 e. The molecule has 2 N–H and O–H groups in total. The third-order valence-electron chi connectivity index (χ3n) is 5.13. The molecule has 1 atom stereocenters. The third-order valence-corrected chi connectivity index (χ3v) is 5.13. The minimum atomic E-state index is -1.71. The van der Waals surface area contributed by atoms with E-state index < -0.39 is 53.6 Å². The van der Waals surface area contributed by atoms with Crippen LogP contribution >= 0.6 is 0 Å². The summed E-state index contributed by atoms with van der Waals surface area (Å²) in [6.45, 7) is -0.539. The predicted molar refractivity (Wildman–Crippen MR) is 112 cm³/mol. The average molecular weight is 454 g/mol. The lowest BCUT2D eigenvalue weighted by Gasteiger charge is -2.25. The van der Waals surface area contributed by atoms with Gasteiger partial charge < -0.3 is 15.4 Å². The van der Waals surface area contributed by atoms with Crippen molar-refractivity contribution in [3.63, 3.8) is 0 Å². The Balaban J connectivity index is 1.42. The zero-order valence-corrected chi connectivity index (χ0v) is 17.0. The Labute approximate surface area is 186 Å². The van der Waals surface area contributed by atoms with E-state index in [2.05, 4.69) is 10.6 Å². The number of carbonyl (C=O) groups is 3. The Morgan fingerprint density at radius 1 is 0.970 bits per heavy atom. The first-order valence-electron chi connectivity index (χ1n) is 9.94. The molecule has 0 fully saturated rings. The fourth-order valence-electron chi connectivity index (χ4n) is 3.47. The van der Waals surface area contributed by atoms with Gasteiger partial charge in [-0.05, 0) is 41.5 Å². The maximum Gasteiger partial charge on any atom is 0.339 e. The summed E-state index contributed by atoms with van der Waals surface area (Å²) < 4.78 is 45.4. The molecular formula is C24H17F3N2O4. The van der Waals surface area contributed by atoms with E-state index in [4.69, 9.17) is 4.74 Å². The van der Waals surface area contributed by atoms with Gasteiger partial charge >= 0.3 is 5.97 Å². The number of esters is 1. The Bertz CT molecular complexity index is 1250. The van der Waals surface area contributed by atoms with Crippen molar-refractivity contribution in [1.29, 1.82) is 0 Å². The zero-order valence-electron chi connectivity index (χ0n) is 17.0. The summed E-state index contributed by atoms with van der Waals surface area (Å²) in [7, 11) is 0. The van der Waals surface area contributed by atoms with E-state index >= 15 is 0 Å². The zero-order chi connectivity index (χ0) is 23.5. The van der Waals surface area contributed by atoms with Crippen LogP contribution in [0, 0.1) is 17.5 Å². The molecule has 0 aliphatic carbocycles. The van der Waals surface area contributed by atoms with Crippen molar-refractivity contribution in [2.75, 3.05) is 11.9 Å². The summed E-state index contributed by atoms with van der Waals surface area (Å²) in [6, 6.07) is 15.2. The SMILES string of the molecule is O=C(CNC(=O)c1ccc2c(c1)CC(c1ccccc1)OC2=O)Nc1ccc(F)c(F)c1F. The standard InChI is InChI=1S/C24H17F3N2O4/c25-17-8-9-18(22(27)21(17)26)29-20(30)12-28-23(31)14-6-7-16-15(10-14)11-19(33-24(16)32)13-4-2-1-3-5-13/h1-10,19H,11-12H2,(H,28,31)(H,29,30). The molecule has 1 heterocycles. The van der Waals surface area contributed by atoms with Gasteiger partial charge in [-0.25, -0.2) is 18.0 Å². The highest BCUT2D eigenvalue weighted by Crippen LogP contribution is 2.31. The summed E-state index contributed by atoms with van der Waals surface area (Å²) in [4.78, 5) is 36.9. The van der Waals surface area contributed by atoms with Crippen molar-refractivity contribution < 1.29 is 32.3 Å². The van der Waals surface area contributed by atoms with Crippen LogP contribution in [0.2, 0.25) is 0 Å². The van der Waals surface area contributed by atoms with E-state index in [0.29, 0.717) is 23.6 Å². The van der Waals surface area contributed by atoms with Gasteiger partial charge in [0.15, 0.2) is 17.5 Å². The van der Waals surface area contributed by atoms with Gasteiger partial charge in [-0.1, -0.05) is 30.3 Å². The molecule has 3 aromatic carbocycles. The van der Waals surface area contributed by atoms with Crippen molar-refractivity contribution in [3.8, 4) is 0 Å². The van der Waals surface area contributed by atoms with Crippen LogP contribution in [0.4, 0.5) is 18.9 Å². The molecule has 4 rings (SSSR count). The molecule has 1 aliphatic rings. The number of nitrogens with one attached hydrogen (secondary N) is 2. The van der Waals surface area contributed by atoms with Gasteiger partial charge in [0, 0.05) is 12.0 Å². The van der Waals surface area contributed by atoms with Crippen LogP contribution in [-0.4, -0.2) is 24.3 Å². The molecule has 0 saturated heterocycles. The predicted octanol–water partition coefficient (Wildman–Crippen LogP) is 3.93. The highest BCUT2D eigenvalue weighted by atomic mass is 19.2. The number of rotatable bonds is 5. The third kappa shape index (κ3) is 4.72. The van der Waals surface area contributed by atoms with Crippen LogP contribution in [0.3, 0.4) is 0 Å². The van der Waals surface area contributed by atoms with Gasteiger partial charge in [0.1, 0.15) is 6.10 Å². The van der Waals surface area contributed by atoms with E-state index in [-0.39, 0.29) is 5.56 Å². The van der Waals surface area contributed by atoms with Gasteiger partial charge in [0.2, 0.25) is 5.91 Å². The quantitative estimate of drug-likeness (QED) is 0.452. The van der Waals surface area contributed by atoms with Gasteiger partial charge in [0.25, 0.3) is 5.91 Å². The Hall–Kier alpha value is -4.14. The van der Waals surface area contributed by atoms with Gasteiger partial charge in [-0.3, -0.25) is 9.59 Å². The molecule has 0 radical (unpaired) electrons. The maximum absolute atomic E-state index is 13.7. The summed E-state index contributed by atoms with van der Waals surface area (Å²) in [6.07, 6.45) is -0.108. The number of benzene rings is 3. The Morgan fingerprint density at radius 3 is 2.48 bits per heavy atom. The topological polar surface area (TPSA) is 84.5 Å². The second-order valence-corrected chi connectivity index (χ2v) is 7.33. The molecular weight excluding hydrogens is 437 g/mol. The Morgan fingerprint density at radius 2 is 1.73 bits per heavy atom. The average Bonchev–Trinajstić information content (AvgIpc) is 2.83. The molecule has 1 unspecified atom stereocenters. The number of hydrogen-bond acceptors (Lipinski definition) is 4. The maximum atomic E-state index is 13.7. The Kier molecular flexibility index (Phi) is 6.12. The fourth-order valence-corrected chi connectivity index (χ4v) is 3.47. The highest BCUT2D eigenvalue weighted by Gasteiger charge is 2.28. The van der Waals surface area contributed by atoms with E-state index in [1.54, 1.807) is 6.07 Å². The highest BCUT2D eigenvalue weighted by molar-refractivity contribution is 6.00. The normalized spacial score (nSPS) is 14.8. The first-order valence-corrected chi connectivity index (χ1v) is 9.94. The van der Waals surface area contributed by atoms with Crippen LogP contribution in [0.25, 0.3) is 0 Å². The molecule has 9 heteroatoms. The lowest BCUT2D eigenvalue weighted by molar-refractivity contribution is -0.115. The molecule has 33 heavy (non-hydrogen) atoms. The molecule has 0 bridgehead atoms. The number of hydrogen-bond donors (Lipinski definition) is 2. The van der Waals surface area contributed by atoms with E-state index in [1.165, 1.54) is 12.1 Å². The number of halogens is 3. The molecule has 168 valence electrons. The van der Waals surface area contributed by atoms with E-state index in [0.717, 1.165) is 11.6 Å². The molecule has 0 aromatic heterocycles. The van der Waals surface area contributed by atoms with Gasteiger partial charge in [-0.2, -0.15) is 0 Å². The van der Waals surface area contributed by atoms with Crippen LogP contribution in [0.15, 0.2) is 60.7 Å². The number of fused-ring (bicyclic) bond motifs is 1. The molecule has 2 amide bonds. The van der Waals surface area contributed by atoms with Crippen molar-refractivity contribution in [1.82, 2.24) is 5.32 Å². The second-order valence-electron chi connectivity index (χ2n) is 7.33. The first-order chi connectivity index (χ1) is 15.8. The van der Waals surface area contributed by atoms with E-state index in [1.807, 2.05) is 30.3 Å². The number of cyclic esters (lactones) is 1. The van der Waals surface area contributed by atoms with Crippen LogP contribution in [0.1, 0.15) is 37.9 Å². The molecule has 0 saturated carbocycles. The minimum Gasteiger partial charge on any atom is -0.454 e. The van der Waals surface area contributed by atoms with Gasteiger partial charge in [0.05, 0.1) is 17.8 Å². The summed E-state index contributed by atoms with van der Waals surface area (Å²) in [5.74, 6) is -6.56. The van der Waals surface area contributed by atoms with Gasteiger partial charge in [-0.15, -0.1) is 0 Å². The number of anilines is 1. The van der Waals surface area contributed by atoms with Crippen molar-refractivity contribution in [2.45, 2.75) is 12.5 Å². The number of ether oxygens (including phenoxy) is 1. The van der Waals surface area contributed by atoms with Crippen LogP contribution in [0.5, 0.6) is 0 Å². The summed E-state index contributed by atoms with van der Waals surface area (Å²) in [5, 5.41) is 4.44. The summed E-state index contributed by atoms with van der Waals surface area (Å²) in [5.41, 5.74) is 1.47. The molecule has 6 nitrogen and oxygen atoms in total. The lowest BCUT2D eigenvalue weighted by atomic mass is 9.93. The van der Waals surface area contributed by atoms with E-state index in [9.17, 15) is 27.6 Å². The second kappa shape index (κ2) is 9.15. The molecule has 0 spiro atoms. The monoisotopic (exact) mass is 454 g/mol. The molecule has 3 aromatic rings. The van der Waals surface area contributed by atoms with Crippen LogP contribution in [-0.2, 0) is 16.0 Å². The van der Waals surface area contributed by atoms with Crippen LogP contribution < -0.4 is 10.6 Å². The van der Waals surface area contributed by atoms with Crippen molar-refractivity contribution in [2.24, 2.45) is 0 Å². The van der Waals surface area contributed by atoms with Crippen molar-refractivity contribution in [3.05, 3.63) is 100 Å².